The number of amides is 2. The topological polar surface area (TPSA) is 66.8 Å². The highest BCUT2D eigenvalue weighted by molar-refractivity contribution is 6.23. The minimum Gasteiger partial charge on any atom is -0.393 e. The summed E-state index contributed by atoms with van der Waals surface area (Å²) >= 11 is 0. The predicted octanol–water partition coefficient (Wildman–Crippen LogP) is 2.16. The van der Waals surface area contributed by atoms with Gasteiger partial charge in [0.1, 0.15) is 5.60 Å². The molecule has 3 heterocycles. The Morgan fingerprint density at radius 2 is 1.65 bits per heavy atom. The number of carbonyl (C=O) groups excluding carboxylic acids is 2. The number of aliphatic hydroxyl groups excluding tert-OH is 1. The molecule has 0 spiro atoms. The van der Waals surface area contributed by atoms with E-state index in [0.717, 1.165) is 11.1 Å². The van der Waals surface area contributed by atoms with Gasteiger partial charge in [0.25, 0.3) is 0 Å². The first-order chi connectivity index (χ1) is 12.6. The smallest absolute Gasteiger partial charge is 0.241 e. The van der Waals surface area contributed by atoms with Gasteiger partial charge in [0.15, 0.2) is 0 Å². The number of nitrogens with zero attached hydrogens (tertiary/aromatic N) is 1. The zero-order chi connectivity index (χ0) is 17.9. The number of aliphatic hydroxyl groups is 1. The Morgan fingerprint density at radius 3 is 2.35 bits per heavy atom. The van der Waals surface area contributed by atoms with Crippen molar-refractivity contribution in [3.05, 3.63) is 66.7 Å². The Hall–Kier alpha value is -2.76. The molecule has 3 aliphatic heterocycles. The van der Waals surface area contributed by atoms with Crippen LogP contribution in [0.5, 0.6) is 0 Å². The minimum atomic E-state index is -1.05. The molecule has 5 heteroatoms. The first kappa shape index (κ1) is 15.5. The van der Waals surface area contributed by atoms with Gasteiger partial charge in [-0.15, -0.1) is 0 Å². The zero-order valence-corrected chi connectivity index (χ0v) is 13.9. The molecule has 0 saturated carbocycles. The van der Waals surface area contributed by atoms with E-state index in [0.29, 0.717) is 5.69 Å². The molecule has 4 atom stereocenters. The standard InChI is InChI=1S/C21H17NO4/c23-12-21-11-10-16(26-21)17-18(21)20(25)22(19(17)24)15-8-6-14(7-9-15)13-4-2-1-3-5-13/h1-11,16-18,23H,12H2. The molecule has 0 aliphatic carbocycles. The lowest BCUT2D eigenvalue weighted by Gasteiger charge is -2.26. The molecule has 0 aromatic heterocycles. The predicted molar refractivity (Wildman–Crippen MR) is 95.2 cm³/mol. The normalized spacial score (nSPS) is 31.7. The van der Waals surface area contributed by atoms with E-state index in [1.807, 2.05) is 42.5 Å². The fourth-order valence-electron chi connectivity index (χ4n) is 4.37. The van der Waals surface area contributed by atoms with Crippen molar-refractivity contribution in [2.24, 2.45) is 11.8 Å². The highest BCUT2D eigenvalue weighted by Gasteiger charge is 2.67. The van der Waals surface area contributed by atoms with Crippen LogP contribution in [0.1, 0.15) is 0 Å². The third-order valence-corrected chi connectivity index (χ3v) is 5.63. The van der Waals surface area contributed by atoms with Crippen molar-refractivity contribution in [3.8, 4) is 11.1 Å². The second-order valence-corrected chi connectivity index (χ2v) is 6.98. The summed E-state index contributed by atoms with van der Waals surface area (Å²) in [6.45, 7) is -0.305. The Labute approximate surface area is 150 Å². The molecule has 2 amide bonds. The van der Waals surface area contributed by atoms with Crippen molar-refractivity contribution in [2.45, 2.75) is 11.7 Å². The van der Waals surface area contributed by atoms with Gasteiger partial charge in [0, 0.05) is 0 Å². The molecule has 2 aromatic carbocycles. The molecule has 5 nitrogen and oxygen atoms in total. The first-order valence-electron chi connectivity index (χ1n) is 8.66. The summed E-state index contributed by atoms with van der Waals surface area (Å²) in [5, 5.41) is 9.76. The second-order valence-electron chi connectivity index (χ2n) is 6.98. The first-order valence-corrected chi connectivity index (χ1v) is 8.66. The number of ether oxygens (including phenoxy) is 1. The molecule has 2 aromatic rings. The molecule has 4 unspecified atom stereocenters. The summed E-state index contributed by atoms with van der Waals surface area (Å²) in [6.07, 6.45) is 3.08. The molecular weight excluding hydrogens is 330 g/mol. The van der Waals surface area contributed by atoms with Crippen LogP contribution in [0.15, 0.2) is 66.7 Å². The van der Waals surface area contributed by atoms with E-state index in [1.165, 1.54) is 4.90 Å². The molecular formula is C21H17NO4. The number of hydrogen-bond donors (Lipinski definition) is 1. The van der Waals surface area contributed by atoms with E-state index in [9.17, 15) is 14.7 Å². The van der Waals surface area contributed by atoms with E-state index in [-0.39, 0.29) is 18.4 Å². The van der Waals surface area contributed by atoms with Gasteiger partial charge in [0.05, 0.1) is 30.2 Å². The summed E-state index contributed by atoms with van der Waals surface area (Å²) in [5.41, 5.74) is 1.60. The van der Waals surface area contributed by atoms with Crippen LogP contribution in [-0.4, -0.2) is 35.2 Å². The Balaban J connectivity index is 1.49. The van der Waals surface area contributed by atoms with Crippen LogP contribution in [0, 0.1) is 11.8 Å². The lowest BCUT2D eigenvalue weighted by atomic mass is 9.77. The van der Waals surface area contributed by atoms with Crippen LogP contribution in [0.3, 0.4) is 0 Å². The van der Waals surface area contributed by atoms with E-state index < -0.39 is 23.5 Å². The molecule has 3 aliphatic rings. The number of benzene rings is 2. The molecule has 2 saturated heterocycles. The quantitative estimate of drug-likeness (QED) is 0.682. The monoisotopic (exact) mass is 347 g/mol. The number of anilines is 1. The van der Waals surface area contributed by atoms with Gasteiger partial charge in [-0.05, 0) is 23.3 Å². The van der Waals surface area contributed by atoms with Crippen LogP contribution in [0.25, 0.3) is 11.1 Å². The van der Waals surface area contributed by atoms with Gasteiger partial charge in [-0.3, -0.25) is 9.59 Å². The van der Waals surface area contributed by atoms with Gasteiger partial charge >= 0.3 is 0 Å². The highest BCUT2D eigenvalue weighted by Crippen LogP contribution is 2.52. The summed E-state index contributed by atoms with van der Waals surface area (Å²) < 4.78 is 5.75. The van der Waals surface area contributed by atoms with Crippen molar-refractivity contribution >= 4 is 17.5 Å². The Bertz CT molecular complexity index is 921. The lowest BCUT2D eigenvalue weighted by Crippen LogP contribution is -2.43. The highest BCUT2D eigenvalue weighted by atomic mass is 16.5. The third kappa shape index (κ3) is 1.92. The summed E-state index contributed by atoms with van der Waals surface area (Å²) in [5.74, 6) is -1.75. The number of imide groups is 1. The fourth-order valence-corrected chi connectivity index (χ4v) is 4.37. The van der Waals surface area contributed by atoms with Gasteiger partial charge < -0.3 is 9.84 Å². The zero-order valence-electron chi connectivity index (χ0n) is 13.9. The third-order valence-electron chi connectivity index (χ3n) is 5.63. The van der Waals surface area contributed by atoms with E-state index >= 15 is 0 Å². The average Bonchev–Trinajstić information content (AvgIpc) is 3.33. The SMILES string of the molecule is O=C1C2C3C=CC(CO)(O3)C2C(=O)N1c1ccc(-c2ccccc2)cc1. The molecule has 2 bridgehead atoms. The Morgan fingerprint density at radius 1 is 0.962 bits per heavy atom. The van der Waals surface area contributed by atoms with Gasteiger partial charge in [0.2, 0.25) is 11.8 Å². The fraction of sp³-hybridized carbons (Fsp3) is 0.238. The van der Waals surface area contributed by atoms with Crippen LogP contribution in [0.2, 0.25) is 0 Å². The van der Waals surface area contributed by atoms with Crippen molar-refractivity contribution in [1.29, 1.82) is 0 Å². The summed E-state index contributed by atoms with van der Waals surface area (Å²) in [7, 11) is 0. The number of rotatable bonds is 3. The van der Waals surface area contributed by atoms with E-state index in [2.05, 4.69) is 0 Å². The molecule has 5 rings (SSSR count). The summed E-state index contributed by atoms with van der Waals surface area (Å²) in [6, 6.07) is 17.3. The minimum absolute atomic E-state index is 0.253. The molecule has 26 heavy (non-hydrogen) atoms. The van der Waals surface area contributed by atoms with Gasteiger partial charge in [-0.1, -0.05) is 54.6 Å². The van der Waals surface area contributed by atoms with Crippen molar-refractivity contribution in [1.82, 2.24) is 0 Å². The maximum Gasteiger partial charge on any atom is 0.241 e. The molecule has 1 N–H and O–H groups in total. The summed E-state index contributed by atoms with van der Waals surface area (Å²) in [4.78, 5) is 27.1. The van der Waals surface area contributed by atoms with E-state index in [1.54, 1.807) is 24.3 Å². The largest absolute Gasteiger partial charge is 0.393 e. The van der Waals surface area contributed by atoms with Crippen molar-refractivity contribution in [2.75, 3.05) is 11.5 Å². The molecule has 130 valence electrons. The Kier molecular flexibility index (Phi) is 3.20. The lowest BCUT2D eigenvalue weighted by molar-refractivity contribution is -0.128. The van der Waals surface area contributed by atoms with E-state index in [4.69, 9.17) is 4.74 Å². The van der Waals surface area contributed by atoms with Crippen molar-refractivity contribution in [3.63, 3.8) is 0 Å². The molecule has 2 fully saturated rings. The van der Waals surface area contributed by atoms with Crippen LogP contribution in [0.4, 0.5) is 5.69 Å². The van der Waals surface area contributed by atoms with Gasteiger partial charge in [-0.25, -0.2) is 4.90 Å². The number of hydrogen-bond acceptors (Lipinski definition) is 4. The number of fused-ring (bicyclic) bond motifs is 5. The van der Waals surface area contributed by atoms with Crippen LogP contribution >= 0.6 is 0 Å². The van der Waals surface area contributed by atoms with Gasteiger partial charge in [-0.2, -0.15) is 0 Å². The van der Waals surface area contributed by atoms with Crippen LogP contribution in [-0.2, 0) is 14.3 Å². The maximum atomic E-state index is 13.0. The van der Waals surface area contributed by atoms with Crippen molar-refractivity contribution < 1.29 is 19.4 Å². The molecule has 0 radical (unpaired) electrons. The second kappa shape index (κ2) is 5.37. The maximum absolute atomic E-state index is 13.0. The number of carbonyl (C=O) groups is 2. The average molecular weight is 347 g/mol. The van der Waals surface area contributed by atoms with Crippen LogP contribution < -0.4 is 4.90 Å².